The number of aliphatic hydroxyl groups is 1. The van der Waals surface area contributed by atoms with Gasteiger partial charge in [0.2, 0.25) is 15.9 Å². The van der Waals surface area contributed by atoms with Gasteiger partial charge in [0, 0.05) is 19.6 Å². The average Bonchev–Trinajstić information content (AvgIpc) is 2.53. The summed E-state index contributed by atoms with van der Waals surface area (Å²) in [4.78, 5) is 14.0. The fraction of sp³-hybridized carbons (Fsp3) is 0.562. The Morgan fingerprint density at radius 1 is 1.42 bits per heavy atom. The highest BCUT2D eigenvalue weighted by molar-refractivity contribution is 7.99. The highest BCUT2D eigenvalue weighted by Gasteiger charge is 2.22. The number of nitrogens with zero attached hydrogens (tertiary/aromatic N) is 1. The number of amides is 1. The Balaban J connectivity index is 2.13. The number of fused-ring (bicyclic) bond motifs is 1. The Hall–Kier alpha value is -1.09. The zero-order chi connectivity index (χ0) is 17.7. The van der Waals surface area contributed by atoms with Crippen LogP contribution in [0.4, 0.5) is 0 Å². The molecule has 0 spiro atoms. The molecule has 0 aromatic heterocycles. The van der Waals surface area contributed by atoms with E-state index in [1.165, 1.54) is 11.8 Å². The van der Waals surface area contributed by atoms with Gasteiger partial charge in [0.25, 0.3) is 0 Å². The molecule has 0 saturated heterocycles. The van der Waals surface area contributed by atoms with E-state index in [1.807, 2.05) is 12.3 Å². The molecule has 0 aliphatic carbocycles. The lowest BCUT2D eigenvalue weighted by molar-refractivity contribution is -0.129. The first kappa shape index (κ1) is 19.2. The van der Waals surface area contributed by atoms with E-state index in [4.69, 9.17) is 0 Å². The molecule has 2 N–H and O–H groups in total. The van der Waals surface area contributed by atoms with Crippen molar-refractivity contribution in [2.75, 3.05) is 25.1 Å². The summed E-state index contributed by atoms with van der Waals surface area (Å²) in [6, 6.07) is 5.08. The lowest BCUT2D eigenvalue weighted by Gasteiger charge is -2.29. The molecule has 1 aromatic carbocycles. The van der Waals surface area contributed by atoms with Crippen molar-refractivity contribution in [3.63, 3.8) is 0 Å². The monoisotopic (exact) mass is 372 g/mol. The number of aliphatic hydroxyl groups excluding tert-OH is 1. The van der Waals surface area contributed by atoms with Crippen LogP contribution in [-0.2, 0) is 27.8 Å². The lowest BCUT2D eigenvalue weighted by Crippen LogP contribution is -2.37. The maximum absolute atomic E-state index is 12.3. The molecular formula is C16H24N2O4S2. The van der Waals surface area contributed by atoms with Gasteiger partial charge in [0.15, 0.2) is 0 Å². The number of benzene rings is 1. The third-order valence-corrected chi connectivity index (χ3v) is 5.97. The van der Waals surface area contributed by atoms with Crippen LogP contribution >= 0.6 is 11.8 Å². The van der Waals surface area contributed by atoms with Gasteiger partial charge < -0.3 is 10.0 Å². The van der Waals surface area contributed by atoms with Gasteiger partial charge in [-0.05, 0) is 49.3 Å². The van der Waals surface area contributed by atoms with E-state index in [0.29, 0.717) is 25.3 Å². The second-order valence-electron chi connectivity index (χ2n) is 5.96. The second-order valence-corrected chi connectivity index (χ2v) is 8.60. The van der Waals surface area contributed by atoms with Crippen LogP contribution in [0, 0.1) is 0 Å². The number of carbonyl (C=O) groups is 1. The normalized spacial score (nSPS) is 15.9. The number of rotatable bonds is 7. The lowest BCUT2D eigenvalue weighted by atomic mass is 10.00. The number of sulfonamides is 1. The Bertz CT molecular complexity index is 689. The Morgan fingerprint density at radius 2 is 2.17 bits per heavy atom. The van der Waals surface area contributed by atoms with Gasteiger partial charge in [-0.3, -0.25) is 4.79 Å². The van der Waals surface area contributed by atoms with E-state index in [-0.39, 0.29) is 17.3 Å². The minimum atomic E-state index is -3.61. The van der Waals surface area contributed by atoms with Crippen molar-refractivity contribution in [2.45, 2.75) is 37.3 Å². The highest BCUT2D eigenvalue weighted by atomic mass is 32.2. The van der Waals surface area contributed by atoms with Crippen LogP contribution in [0.25, 0.3) is 0 Å². The number of thioether (sulfide) groups is 1. The van der Waals surface area contributed by atoms with Gasteiger partial charge in [-0.25, -0.2) is 13.1 Å². The molecule has 8 heteroatoms. The molecule has 1 aliphatic heterocycles. The van der Waals surface area contributed by atoms with Crippen molar-refractivity contribution < 1.29 is 18.3 Å². The Labute approximate surface area is 147 Å². The molecule has 1 heterocycles. The first-order valence-corrected chi connectivity index (χ1v) is 10.8. The zero-order valence-electron chi connectivity index (χ0n) is 14.0. The second kappa shape index (κ2) is 8.33. The van der Waals surface area contributed by atoms with Crippen molar-refractivity contribution in [1.29, 1.82) is 0 Å². The summed E-state index contributed by atoms with van der Waals surface area (Å²) in [6.07, 6.45) is 2.44. The summed E-state index contributed by atoms with van der Waals surface area (Å²) in [6.45, 7) is 2.93. The fourth-order valence-corrected chi connectivity index (χ4v) is 4.14. The molecule has 2 rings (SSSR count). The van der Waals surface area contributed by atoms with E-state index >= 15 is 0 Å². The molecule has 1 amide bonds. The van der Waals surface area contributed by atoms with E-state index in [2.05, 4.69) is 4.72 Å². The number of hydrogen-bond acceptors (Lipinski definition) is 5. The number of hydrogen-bond donors (Lipinski definition) is 2. The Morgan fingerprint density at radius 3 is 2.83 bits per heavy atom. The number of carbonyl (C=O) groups excluding carboxylic acids is 1. The van der Waals surface area contributed by atoms with E-state index in [9.17, 15) is 18.3 Å². The van der Waals surface area contributed by atoms with Gasteiger partial charge in [0.1, 0.15) is 0 Å². The van der Waals surface area contributed by atoms with Crippen LogP contribution in [0.5, 0.6) is 0 Å². The molecule has 0 bridgehead atoms. The molecular weight excluding hydrogens is 348 g/mol. The molecule has 6 nitrogen and oxygen atoms in total. The van der Waals surface area contributed by atoms with Crippen LogP contribution < -0.4 is 4.72 Å². The first-order chi connectivity index (χ1) is 11.3. The van der Waals surface area contributed by atoms with E-state index in [1.54, 1.807) is 24.0 Å². The zero-order valence-corrected chi connectivity index (χ0v) is 15.6. The summed E-state index contributed by atoms with van der Waals surface area (Å²) in [5, 5.41) is 9.23. The van der Waals surface area contributed by atoms with Crippen molar-refractivity contribution in [1.82, 2.24) is 9.62 Å². The SMILES string of the molecule is CSCC(=O)N1CCc2ccc(S(=O)(=O)NCC[C@@H](C)O)cc2C1. The predicted molar refractivity (Wildman–Crippen MR) is 95.4 cm³/mol. The fourth-order valence-electron chi connectivity index (χ4n) is 2.61. The molecule has 0 saturated carbocycles. The van der Waals surface area contributed by atoms with Crippen molar-refractivity contribution in [2.24, 2.45) is 0 Å². The minimum absolute atomic E-state index is 0.0801. The minimum Gasteiger partial charge on any atom is -0.393 e. The van der Waals surface area contributed by atoms with Gasteiger partial charge in [0.05, 0.1) is 16.8 Å². The smallest absolute Gasteiger partial charge is 0.240 e. The van der Waals surface area contributed by atoms with Gasteiger partial charge in [-0.15, -0.1) is 0 Å². The van der Waals surface area contributed by atoms with Crippen molar-refractivity contribution >= 4 is 27.7 Å². The van der Waals surface area contributed by atoms with Crippen LogP contribution in [0.1, 0.15) is 24.5 Å². The van der Waals surface area contributed by atoms with Crippen LogP contribution in [0.2, 0.25) is 0 Å². The molecule has 0 fully saturated rings. The maximum Gasteiger partial charge on any atom is 0.240 e. The summed E-state index contributed by atoms with van der Waals surface area (Å²) >= 11 is 1.49. The molecule has 134 valence electrons. The molecule has 1 aliphatic rings. The summed E-state index contributed by atoms with van der Waals surface area (Å²) in [7, 11) is -3.61. The van der Waals surface area contributed by atoms with Crippen LogP contribution in [0.15, 0.2) is 23.1 Å². The first-order valence-electron chi connectivity index (χ1n) is 7.89. The van der Waals surface area contributed by atoms with Crippen molar-refractivity contribution in [3.8, 4) is 0 Å². The number of nitrogens with one attached hydrogen (secondary N) is 1. The quantitative estimate of drug-likeness (QED) is 0.745. The van der Waals surface area contributed by atoms with Gasteiger partial charge >= 0.3 is 0 Å². The highest BCUT2D eigenvalue weighted by Crippen LogP contribution is 2.23. The maximum atomic E-state index is 12.3. The van der Waals surface area contributed by atoms with Crippen molar-refractivity contribution in [3.05, 3.63) is 29.3 Å². The van der Waals surface area contributed by atoms with Gasteiger partial charge in [-0.2, -0.15) is 11.8 Å². The summed E-state index contributed by atoms with van der Waals surface area (Å²) in [5.41, 5.74) is 1.97. The molecule has 0 unspecified atom stereocenters. The molecule has 0 radical (unpaired) electrons. The predicted octanol–water partition coefficient (Wildman–Crippen LogP) is 0.983. The third-order valence-electron chi connectivity index (χ3n) is 3.98. The van der Waals surface area contributed by atoms with E-state index < -0.39 is 16.1 Å². The Kier molecular flexibility index (Phi) is 6.68. The average molecular weight is 373 g/mol. The van der Waals surface area contributed by atoms with Crippen LogP contribution in [-0.4, -0.2) is 55.5 Å². The third kappa shape index (κ3) is 4.95. The molecule has 1 atom stereocenters. The summed E-state index contributed by atoms with van der Waals surface area (Å²) < 4.78 is 27.2. The molecule has 1 aromatic rings. The molecule has 24 heavy (non-hydrogen) atoms. The largest absolute Gasteiger partial charge is 0.393 e. The van der Waals surface area contributed by atoms with E-state index in [0.717, 1.165) is 17.5 Å². The topological polar surface area (TPSA) is 86.7 Å². The standard InChI is InChI=1S/C16H24N2O4S2/c1-12(19)5-7-17-24(21,22)15-4-3-13-6-8-18(10-14(13)9-15)16(20)11-23-2/h3-4,9,12,17,19H,5-8,10-11H2,1-2H3/t12-/m1/s1. The van der Waals surface area contributed by atoms with Gasteiger partial charge in [-0.1, -0.05) is 6.07 Å². The van der Waals surface area contributed by atoms with Crippen LogP contribution in [0.3, 0.4) is 0 Å². The summed E-state index contributed by atoms with van der Waals surface area (Å²) in [5.74, 6) is 0.519.